The lowest BCUT2D eigenvalue weighted by atomic mass is 10.1. The molecule has 24 heavy (non-hydrogen) atoms. The van der Waals surface area contributed by atoms with Crippen molar-refractivity contribution < 1.29 is 9.59 Å². The number of anilines is 2. The van der Waals surface area contributed by atoms with Crippen LogP contribution in [0, 0.1) is 26.7 Å². The fraction of sp³-hybridized carbons (Fsp3) is 0.300. The summed E-state index contributed by atoms with van der Waals surface area (Å²) in [6.45, 7) is 6.44. The fourth-order valence-electron chi connectivity index (χ4n) is 3.19. The molecule has 3 rings (SSSR count). The van der Waals surface area contributed by atoms with Crippen LogP contribution in [0.4, 0.5) is 11.4 Å². The summed E-state index contributed by atoms with van der Waals surface area (Å²) in [4.78, 5) is 26.6. The summed E-state index contributed by atoms with van der Waals surface area (Å²) >= 11 is 0. The van der Waals surface area contributed by atoms with Gasteiger partial charge in [0.2, 0.25) is 11.8 Å². The Labute approximate surface area is 142 Å². The average molecular weight is 322 g/mol. The first kappa shape index (κ1) is 16.2. The smallest absolute Gasteiger partial charge is 0.229 e. The van der Waals surface area contributed by atoms with Crippen LogP contribution in [-0.4, -0.2) is 18.4 Å². The molecule has 0 radical (unpaired) electrons. The van der Waals surface area contributed by atoms with Crippen molar-refractivity contribution in [1.82, 2.24) is 0 Å². The number of benzene rings is 2. The Kier molecular flexibility index (Phi) is 4.38. The third-order valence-corrected chi connectivity index (χ3v) is 4.42. The molecule has 1 saturated heterocycles. The van der Waals surface area contributed by atoms with Gasteiger partial charge in [-0.15, -0.1) is 0 Å². The highest BCUT2D eigenvalue weighted by atomic mass is 16.2. The van der Waals surface area contributed by atoms with Gasteiger partial charge in [-0.1, -0.05) is 29.8 Å². The highest BCUT2D eigenvalue weighted by Gasteiger charge is 2.35. The minimum absolute atomic E-state index is 0.00588. The third-order valence-electron chi connectivity index (χ3n) is 4.42. The number of hydrogen-bond acceptors (Lipinski definition) is 2. The van der Waals surface area contributed by atoms with E-state index in [1.807, 2.05) is 57.2 Å². The Balaban J connectivity index is 1.73. The van der Waals surface area contributed by atoms with Crippen LogP contribution >= 0.6 is 0 Å². The minimum Gasteiger partial charge on any atom is -0.326 e. The number of aryl methyl sites for hydroxylation is 3. The van der Waals surface area contributed by atoms with E-state index in [2.05, 4.69) is 11.4 Å². The molecule has 1 aliphatic rings. The van der Waals surface area contributed by atoms with Crippen molar-refractivity contribution in [3.05, 3.63) is 59.2 Å². The fourth-order valence-corrected chi connectivity index (χ4v) is 3.19. The molecule has 1 fully saturated rings. The van der Waals surface area contributed by atoms with E-state index in [4.69, 9.17) is 0 Å². The predicted molar refractivity (Wildman–Crippen MR) is 96.2 cm³/mol. The number of rotatable bonds is 3. The largest absolute Gasteiger partial charge is 0.326 e. The summed E-state index contributed by atoms with van der Waals surface area (Å²) < 4.78 is 0. The predicted octanol–water partition coefficient (Wildman–Crippen LogP) is 3.60. The first-order valence-corrected chi connectivity index (χ1v) is 8.19. The molecule has 2 aromatic carbocycles. The van der Waals surface area contributed by atoms with Gasteiger partial charge in [0.1, 0.15) is 0 Å². The van der Waals surface area contributed by atoms with E-state index in [1.165, 1.54) is 0 Å². The van der Waals surface area contributed by atoms with Crippen LogP contribution in [0.25, 0.3) is 0 Å². The van der Waals surface area contributed by atoms with Gasteiger partial charge in [-0.05, 0) is 50.1 Å². The van der Waals surface area contributed by atoms with E-state index in [-0.39, 0.29) is 24.2 Å². The van der Waals surface area contributed by atoms with Gasteiger partial charge < -0.3 is 10.2 Å². The highest BCUT2D eigenvalue weighted by Crippen LogP contribution is 2.29. The molecule has 2 amide bonds. The number of carbonyl (C=O) groups excluding carboxylic acids is 2. The molecule has 1 atom stereocenters. The molecule has 0 unspecified atom stereocenters. The SMILES string of the molecule is Cc1cccc(NC(=O)[C@@H]2CC(=O)N(c3ccc(C)cc3C)C2)c1. The summed E-state index contributed by atoms with van der Waals surface area (Å²) in [5, 5.41) is 2.92. The summed E-state index contributed by atoms with van der Waals surface area (Å²) in [6.07, 6.45) is 0.255. The zero-order chi connectivity index (χ0) is 17.3. The second-order valence-corrected chi connectivity index (χ2v) is 6.55. The number of nitrogens with one attached hydrogen (secondary N) is 1. The molecule has 0 saturated carbocycles. The first-order valence-electron chi connectivity index (χ1n) is 8.19. The quantitative estimate of drug-likeness (QED) is 0.938. The third kappa shape index (κ3) is 3.32. The number of hydrogen-bond donors (Lipinski definition) is 1. The molecule has 0 spiro atoms. The first-order chi connectivity index (χ1) is 11.4. The van der Waals surface area contributed by atoms with Gasteiger partial charge in [-0.25, -0.2) is 0 Å². The van der Waals surface area contributed by atoms with E-state index in [0.717, 1.165) is 28.1 Å². The maximum absolute atomic E-state index is 12.5. The molecule has 2 aromatic rings. The summed E-state index contributed by atoms with van der Waals surface area (Å²) in [5.41, 5.74) is 4.99. The monoisotopic (exact) mass is 322 g/mol. The van der Waals surface area contributed by atoms with Crippen LogP contribution in [0.15, 0.2) is 42.5 Å². The molecule has 1 heterocycles. The summed E-state index contributed by atoms with van der Waals surface area (Å²) in [5.74, 6) is -0.411. The zero-order valence-electron chi connectivity index (χ0n) is 14.3. The van der Waals surface area contributed by atoms with Gasteiger partial charge in [0.15, 0.2) is 0 Å². The van der Waals surface area contributed by atoms with Crippen molar-refractivity contribution in [3.8, 4) is 0 Å². The second-order valence-electron chi connectivity index (χ2n) is 6.55. The zero-order valence-corrected chi connectivity index (χ0v) is 14.3. The Hall–Kier alpha value is -2.62. The Morgan fingerprint density at radius 2 is 1.83 bits per heavy atom. The minimum atomic E-state index is -0.321. The maximum Gasteiger partial charge on any atom is 0.229 e. The van der Waals surface area contributed by atoms with Crippen molar-refractivity contribution in [1.29, 1.82) is 0 Å². The van der Waals surface area contributed by atoms with Crippen molar-refractivity contribution in [2.45, 2.75) is 27.2 Å². The van der Waals surface area contributed by atoms with Gasteiger partial charge in [-0.3, -0.25) is 9.59 Å². The Morgan fingerprint density at radius 1 is 1.08 bits per heavy atom. The van der Waals surface area contributed by atoms with Crippen molar-refractivity contribution in [3.63, 3.8) is 0 Å². The Morgan fingerprint density at radius 3 is 2.54 bits per heavy atom. The average Bonchev–Trinajstić information content (AvgIpc) is 2.89. The van der Waals surface area contributed by atoms with E-state index < -0.39 is 0 Å². The van der Waals surface area contributed by atoms with Crippen LogP contribution < -0.4 is 10.2 Å². The molecule has 0 aliphatic carbocycles. The van der Waals surface area contributed by atoms with Gasteiger partial charge >= 0.3 is 0 Å². The van der Waals surface area contributed by atoms with Gasteiger partial charge in [0.25, 0.3) is 0 Å². The van der Waals surface area contributed by atoms with Crippen molar-refractivity contribution >= 4 is 23.2 Å². The lowest BCUT2D eigenvalue weighted by Gasteiger charge is -2.19. The molecule has 0 aromatic heterocycles. The maximum atomic E-state index is 12.5. The van der Waals surface area contributed by atoms with E-state index in [9.17, 15) is 9.59 Å². The molecule has 4 heteroatoms. The summed E-state index contributed by atoms with van der Waals surface area (Å²) in [7, 11) is 0. The van der Waals surface area contributed by atoms with Crippen LogP contribution in [0.5, 0.6) is 0 Å². The lowest BCUT2D eigenvalue weighted by molar-refractivity contribution is -0.122. The van der Waals surface area contributed by atoms with Crippen molar-refractivity contribution in [2.75, 3.05) is 16.8 Å². The highest BCUT2D eigenvalue weighted by molar-refractivity contribution is 6.03. The Bertz CT molecular complexity index is 798. The molecular formula is C20H22N2O2. The van der Waals surface area contributed by atoms with Crippen molar-refractivity contribution in [2.24, 2.45) is 5.92 Å². The van der Waals surface area contributed by atoms with Crippen LogP contribution in [0.2, 0.25) is 0 Å². The molecule has 0 bridgehead atoms. The molecule has 1 N–H and O–H groups in total. The number of nitrogens with zero attached hydrogens (tertiary/aromatic N) is 1. The number of carbonyl (C=O) groups is 2. The lowest BCUT2D eigenvalue weighted by Crippen LogP contribution is -2.28. The van der Waals surface area contributed by atoms with E-state index in [0.29, 0.717) is 6.54 Å². The summed E-state index contributed by atoms with van der Waals surface area (Å²) in [6, 6.07) is 13.7. The number of amides is 2. The van der Waals surface area contributed by atoms with Gasteiger partial charge in [0.05, 0.1) is 5.92 Å². The molecule has 4 nitrogen and oxygen atoms in total. The van der Waals surface area contributed by atoms with Crippen LogP contribution in [-0.2, 0) is 9.59 Å². The van der Waals surface area contributed by atoms with Crippen LogP contribution in [0.1, 0.15) is 23.1 Å². The van der Waals surface area contributed by atoms with Gasteiger partial charge in [0, 0.05) is 24.3 Å². The molecule has 1 aliphatic heterocycles. The second kappa shape index (κ2) is 6.48. The van der Waals surface area contributed by atoms with Crippen LogP contribution in [0.3, 0.4) is 0 Å². The standard InChI is InChI=1S/C20H22N2O2/c1-13-5-4-6-17(10-13)21-20(24)16-11-19(23)22(12-16)18-8-7-14(2)9-15(18)3/h4-10,16H,11-12H2,1-3H3,(H,21,24)/t16-/m1/s1. The van der Waals surface area contributed by atoms with Gasteiger partial charge in [-0.2, -0.15) is 0 Å². The normalized spacial score (nSPS) is 17.2. The van der Waals surface area contributed by atoms with E-state index in [1.54, 1.807) is 4.90 Å². The molecular weight excluding hydrogens is 300 g/mol. The van der Waals surface area contributed by atoms with E-state index >= 15 is 0 Å². The molecule has 124 valence electrons. The topological polar surface area (TPSA) is 49.4 Å².